The lowest BCUT2D eigenvalue weighted by Gasteiger charge is -2.38. The normalized spacial score (nSPS) is 16.7. The first-order valence-electron chi connectivity index (χ1n) is 12.6. The summed E-state index contributed by atoms with van der Waals surface area (Å²) in [6, 6.07) is 12.5. The number of methoxy groups -OCH3 is 1. The molecule has 0 fully saturated rings. The minimum absolute atomic E-state index is 0.0103. The van der Waals surface area contributed by atoms with E-state index < -0.39 is 17.7 Å². The number of hydrogen-bond donors (Lipinski definition) is 2. The van der Waals surface area contributed by atoms with Crippen molar-refractivity contribution in [3.05, 3.63) is 87.1 Å². The molecular weight excluding hydrogens is 603 g/mol. The zero-order chi connectivity index (χ0) is 30.0. The number of allylic oxidation sites excluding steroid dienone is 3. The third-order valence-corrected chi connectivity index (χ3v) is 9.08. The minimum atomic E-state index is -1.05. The van der Waals surface area contributed by atoms with Crippen molar-refractivity contribution in [3.8, 4) is 6.07 Å². The van der Waals surface area contributed by atoms with Crippen LogP contribution in [0.15, 0.2) is 69.5 Å². The second-order valence-electron chi connectivity index (χ2n) is 9.21. The Balaban J connectivity index is 1.38. The molecule has 5 rings (SSSR count). The molecule has 0 spiro atoms. The van der Waals surface area contributed by atoms with Crippen molar-refractivity contribution in [1.29, 1.82) is 5.26 Å². The van der Waals surface area contributed by atoms with Crippen molar-refractivity contribution in [2.75, 3.05) is 23.1 Å². The highest BCUT2D eigenvalue weighted by Gasteiger charge is 2.43. The Kier molecular flexibility index (Phi) is 8.58. The third-order valence-electron chi connectivity index (χ3n) is 6.71. The molecule has 214 valence electrons. The number of anilines is 2. The largest absolute Gasteiger partial charge is 0.465 e. The van der Waals surface area contributed by atoms with Crippen LogP contribution in [0.1, 0.15) is 41.1 Å². The average molecular weight is 625 g/mol. The fourth-order valence-corrected chi connectivity index (χ4v) is 6.82. The van der Waals surface area contributed by atoms with Gasteiger partial charge in [0.25, 0.3) is 0 Å². The molecule has 3 aromatic rings. The summed E-state index contributed by atoms with van der Waals surface area (Å²) in [5.41, 5.74) is 8.18. The van der Waals surface area contributed by atoms with Crippen molar-refractivity contribution in [2.45, 2.75) is 29.5 Å². The number of esters is 1. The Hall–Kier alpha value is -4.25. The Bertz CT molecular complexity index is 1680. The molecule has 2 aromatic carbocycles. The first-order valence-corrected chi connectivity index (χ1v) is 14.8. The van der Waals surface area contributed by atoms with E-state index in [0.717, 1.165) is 23.1 Å². The number of aromatic nitrogens is 2. The lowest BCUT2D eigenvalue weighted by Crippen LogP contribution is -2.39. The quantitative estimate of drug-likeness (QED) is 0.267. The first kappa shape index (κ1) is 29.2. The van der Waals surface area contributed by atoms with E-state index in [0.29, 0.717) is 39.3 Å². The van der Waals surface area contributed by atoms with E-state index in [4.69, 9.17) is 17.3 Å². The van der Waals surface area contributed by atoms with Crippen LogP contribution < -0.4 is 16.0 Å². The number of hydrogen-bond acceptors (Lipinski definition) is 11. The molecule has 0 saturated carbocycles. The van der Waals surface area contributed by atoms with E-state index in [2.05, 4.69) is 26.3 Å². The summed E-state index contributed by atoms with van der Waals surface area (Å²) in [4.78, 5) is 38.9. The molecule has 0 saturated heterocycles. The van der Waals surface area contributed by atoms with Crippen LogP contribution in [0.4, 0.5) is 15.2 Å². The van der Waals surface area contributed by atoms with Gasteiger partial charge in [-0.25, -0.2) is 9.18 Å². The molecule has 1 atom stereocenters. The van der Waals surface area contributed by atoms with Crippen molar-refractivity contribution in [3.63, 3.8) is 0 Å². The first-order chi connectivity index (χ1) is 20.2. The van der Waals surface area contributed by atoms with E-state index in [1.54, 1.807) is 24.3 Å². The number of carbonyl (C=O) groups is 3. The highest BCUT2D eigenvalue weighted by atomic mass is 35.5. The fourth-order valence-electron chi connectivity index (χ4n) is 4.86. The number of nitrogens with two attached hydrogens (primary N) is 1. The molecule has 14 heteroatoms. The number of nitriles is 1. The van der Waals surface area contributed by atoms with Crippen LogP contribution in [0.5, 0.6) is 0 Å². The Labute approximate surface area is 253 Å². The predicted molar refractivity (Wildman–Crippen MR) is 156 cm³/mol. The van der Waals surface area contributed by atoms with E-state index in [-0.39, 0.29) is 51.4 Å². The summed E-state index contributed by atoms with van der Waals surface area (Å²) < 4.78 is 20.2. The van der Waals surface area contributed by atoms with Gasteiger partial charge < -0.3 is 15.8 Å². The van der Waals surface area contributed by atoms with Gasteiger partial charge in [-0.05, 0) is 49.2 Å². The van der Waals surface area contributed by atoms with Gasteiger partial charge in [-0.3, -0.25) is 14.5 Å². The van der Waals surface area contributed by atoms with Gasteiger partial charge in [0.1, 0.15) is 11.6 Å². The number of ether oxygens (including phenoxy) is 1. The number of carbonyl (C=O) groups excluding carboxylic acids is 3. The highest BCUT2D eigenvalue weighted by Crippen LogP contribution is 2.48. The van der Waals surface area contributed by atoms with Gasteiger partial charge in [0.2, 0.25) is 11.0 Å². The monoisotopic (exact) mass is 624 g/mol. The van der Waals surface area contributed by atoms with Crippen LogP contribution in [0, 0.1) is 17.1 Å². The number of ketones is 1. The molecule has 42 heavy (non-hydrogen) atoms. The second kappa shape index (κ2) is 12.3. The summed E-state index contributed by atoms with van der Waals surface area (Å²) in [7, 11) is 1.29. The van der Waals surface area contributed by atoms with Crippen LogP contribution in [0.25, 0.3) is 0 Å². The number of benzene rings is 2. The van der Waals surface area contributed by atoms with Gasteiger partial charge in [-0.1, -0.05) is 40.8 Å². The Morgan fingerprint density at radius 2 is 2.02 bits per heavy atom. The average Bonchev–Trinajstić information content (AvgIpc) is 3.44. The van der Waals surface area contributed by atoms with E-state index in [1.807, 2.05) is 0 Å². The molecule has 10 nitrogen and oxygen atoms in total. The molecule has 1 amide bonds. The number of nitrogens with one attached hydrogen (secondary N) is 1. The lowest BCUT2D eigenvalue weighted by molar-refractivity contribution is -0.116. The van der Waals surface area contributed by atoms with E-state index in [1.165, 1.54) is 30.2 Å². The third kappa shape index (κ3) is 5.61. The molecule has 2 heterocycles. The number of thioether (sulfide) groups is 1. The molecule has 1 unspecified atom stereocenters. The second-order valence-corrected chi connectivity index (χ2v) is 11.8. The summed E-state index contributed by atoms with van der Waals surface area (Å²) in [6.07, 6.45) is 1.23. The number of rotatable bonds is 7. The standard InChI is InChI=1S/C28H22ClFN6O4S2/c1-40-26(39)14-8-10-15(11-9-14)33-21(38)13-41-28-35-34-27(42-28)36-19-6-3-7-20(37)24(19)22(16(12-31)25(36)32)23-17(29)4-2-5-18(23)30/h2,4-5,8-11,22H,3,6-7,13,32H2,1H3,(H,33,38). The summed E-state index contributed by atoms with van der Waals surface area (Å²) in [5, 5.41) is 21.7. The van der Waals surface area contributed by atoms with Gasteiger partial charge >= 0.3 is 5.97 Å². The Morgan fingerprint density at radius 3 is 2.71 bits per heavy atom. The highest BCUT2D eigenvalue weighted by molar-refractivity contribution is 8.01. The Morgan fingerprint density at radius 1 is 1.26 bits per heavy atom. The van der Waals surface area contributed by atoms with E-state index >= 15 is 4.39 Å². The maximum Gasteiger partial charge on any atom is 0.337 e. The van der Waals surface area contributed by atoms with Crippen LogP contribution in [0.3, 0.4) is 0 Å². The van der Waals surface area contributed by atoms with Gasteiger partial charge in [0.05, 0.1) is 36.0 Å². The van der Waals surface area contributed by atoms with Crippen LogP contribution in [0.2, 0.25) is 5.02 Å². The fraction of sp³-hybridized carbons (Fsp3) is 0.214. The molecular formula is C28H22ClFN6O4S2. The zero-order valence-corrected chi connectivity index (χ0v) is 24.4. The number of nitrogens with zero attached hydrogens (tertiary/aromatic N) is 4. The maximum atomic E-state index is 15.1. The lowest BCUT2D eigenvalue weighted by atomic mass is 9.75. The predicted octanol–water partition coefficient (Wildman–Crippen LogP) is 5.15. The summed E-state index contributed by atoms with van der Waals surface area (Å²) in [5.74, 6) is -2.67. The summed E-state index contributed by atoms with van der Waals surface area (Å²) >= 11 is 8.65. The number of amides is 1. The molecule has 3 N–H and O–H groups in total. The van der Waals surface area contributed by atoms with Crippen molar-refractivity contribution in [2.24, 2.45) is 5.73 Å². The van der Waals surface area contributed by atoms with Crippen LogP contribution in [-0.2, 0) is 14.3 Å². The molecule has 1 aromatic heterocycles. The van der Waals surface area contributed by atoms with Crippen LogP contribution in [-0.4, -0.2) is 40.7 Å². The van der Waals surface area contributed by atoms with Crippen molar-refractivity contribution < 1.29 is 23.5 Å². The molecule has 1 aliphatic heterocycles. The SMILES string of the molecule is COC(=O)c1ccc(NC(=O)CSc2nnc(N3C(N)=C(C#N)C(c4c(F)cccc4Cl)C4=C3CCCC4=O)s2)cc1. The van der Waals surface area contributed by atoms with Gasteiger partial charge in [-0.2, -0.15) is 5.26 Å². The minimum Gasteiger partial charge on any atom is -0.465 e. The molecule has 0 radical (unpaired) electrons. The van der Waals surface area contributed by atoms with Gasteiger partial charge in [0, 0.05) is 34.0 Å². The van der Waals surface area contributed by atoms with Gasteiger partial charge in [0.15, 0.2) is 10.1 Å². The number of Topliss-reactive ketones (excluding diaryl/α,β-unsaturated/α-hetero) is 1. The van der Waals surface area contributed by atoms with Gasteiger partial charge in [-0.15, -0.1) is 10.2 Å². The van der Waals surface area contributed by atoms with Crippen LogP contribution >= 0.6 is 34.7 Å². The molecule has 2 aliphatic rings. The molecule has 0 bridgehead atoms. The zero-order valence-electron chi connectivity index (χ0n) is 22.0. The smallest absolute Gasteiger partial charge is 0.337 e. The van der Waals surface area contributed by atoms with E-state index in [9.17, 15) is 19.6 Å². The van der Waals surface area contributed by atoms with Crippen molar-refractivity contribution >= 4 is 63.2 Å². The van der Waals surface area contributed by atoms with Crippen molar-refractivity contribution in [1.82, 2.24) is 10.2 Å². The topological polar surface area (TPSA) is 151 Å². The molecule has 1 aliphatic carbocycles. The summed E-state index contributed by atoms with van der Waals surface area (Å²) in [6.45, 7) is 0. The maximum absolute atomic E-state index is 15.1. The number of halogens is 2.